The Kier molecular flexibility index (Phi) is 4.06. The number of carbonyl (C=O) groups excluding carboxylic acids is 2. The van der Waals surface area contributed by atoms with E-state index in [1.54, 1.807) is 0 Å². The van der Waals surface area contributed by atoms with Crippen LogP contribution in [0.15, 0.2) is 18.2 Å². The highest BCUT2D eigenvalue weighted by molar-refractivity contribution is 5.91. The number of amides is 2. The van der Waals surface area contributed by atoms with Gasteiger partial charge >= 0.3 is 0 Å². The zero-order valence-corrected chi connectivity index (χ0v) is 10.1. The second-order valence-corrected chi connectivity index (χ2v) is 4.38. The number of nitrogens with one attached hydrogen (secondary N) is 3. The van der Waals surface area contributed by atoms with E-state index in [2.05, 4.69) is 10.6 Å². The number of halogens is 2. The van der Waals surface area contributed by atoms with Gasteiger partial charge in [-0.05, 0) is 12.1 Å². The molecule has 19 heavy (non-hydrogen) atoms. The lowest BCUT2D eigenvalue weighted by molar-refractivity contribution is -0.885. The number of hydrogen-bond acceptors (Lipinski definition) is 2. The predicted octanol–water partition coefficient (Wildman–Crippen LogP) is -1.08. The van der Waals surface area contributed by atoms with Crippen molar-refractivity contribution in [2.75, 3.05) is 31.5 Å². The Morgan fingerprint density at radius 3 is 2.95 bits per heavy atom. The zero-order valence-electron chi connectivity index (χ0n) is 10.1. The Hall–Kier alpha value is -2.02. The molecule has 7 heteroatoms. The summed E-state index contributed by atoms with van der Waals surface area (Å²) in [5.41, 5.74) is -0.189. The maximum absolute atomic E-state index is 13.3. The number of piperazine rings is 1. The first-order chi connectivity index (χ1) is 9.04. The highest BCUT2D eigenvalue weighted by Gasteiger charge is 2.22. The van der Waals surface area contributed by atoms with E-state index < -0.39 is 17.5 Å². The molecular formula is C12H14F2N3O2+. The Bertz CT molecular complexity index is 508. The van der Waals surface area contributed by atoms with Crippen molar-refractivity contribution in [2.24, 2.45) is 0 Å². The van der Waals surface area contributed by atoms with Crippen molar-refractivity contribution in [3.8, 4) is 0 Å². The van der Waals surface area contributed by atoms with Gasteiger partial charge < -0.3 is 15.5 Å². The first kappa shape index (κ1) is 13.4. The molecule has 0 aliphatic carbocycles. The monoisotopic (exact) mass is 270 g/mol. The minimum atomic E-state index is -0.693. The molecule has 0 aromatic heterocycles. The molecule has 1 heterocycles. The molecule has 1 fully saturated rings. The molecule has 2 amide bonds. The molecule has 2 rings (SSSR count). The van der Waals surface area contributed by atoms with Gasteiger partial charge in [0.1, 0.15) is 11.6 Å². The lowest BCUT2D eigenvalue weighted by Crippen LogP contribution is -3.16. The summed E-state index contributed by atoms with van der Waals surface area (Å²) >= 11 is 0. The Labute approximate surface area is 108 Å². The Balaban J connectivity index is 1.93. The van der Waals surface area contributed by atoms with E-state index in [1.807, 2.05) is 0 Å². The van der Waals surface area contributed by atoms with Gasteiger partial charge in [-0.1, -0.05) is 0 Å². The maximum atomic E-state index is 13.3. The fraction of sp³-hybridized carbons (Fsp3) is 0.333. The van der Waals surface area contributed by atoms with Crippen LogP contribution in [0.5, 0.6) is 0 Å². The SMILES string of the molecule is O=C1C[NH+](CC(=O)Nc2cc(F)ccc2F)CCN1. The molecule has 3 N–H and O–H groups in total. The topological polar surface area (TPSA) is 62.6 Å². The van der Waals surface area contributed by atoms with Crippen molar-refractivity contribution in [1.82, 2.24) is 5.32 Å². The van der Waals surface area contributed by atoms with E-state index in [0.717, 1.165) is 23.1 Å². The average Bonchev–Trinajstić information content (AvgIpc) is 2.34. The molecule has 1 saturated heterocycles. The lowest BCUT2D eigenvalue weighted by Gasteiger charge is -2.22. The third kappa shape index (κ3) is 3.72. The number of carbonyl (C=O) groups is 2. The van der Waals surface area contributed by atoms with Crippen molar-refractivity contribution in [1.29, 1.82) is 0 Å². The van der Waals surface area contributed by atoms with Crippen LogP contribution in [0.2, 0.25) is 0 Å². The second kappa shape index (κ2) is 5.75. The molecule has 5 nitrogen and oxygen atoms in total. The van der Waals surface area contributed by atoms with Crippen LogP contribution >= 0.6 is 0 Å². The molecule has 1 unspecified atom stereocenters. The van der Waals surface area contributed by atoms with Crippen molar-refractivity contribution in [3.05, 3.63) is 29.8 Å². The van der Waals surface area contributed by atoms with Gasteiger partial charge in [0.2, 0.25) is 0 Å². The summed E-state index contributed by atoms with van der Waals surface area (Å²) in [6.45, 7) is 1.39. The van der Waals surface area contributed by atoms with Gasteiger partial charge in [0, 0.05) is 6.07 Å². The molecule has 1 aromatic rings. The van der Waals surface area contributed by atoms with Crippen LogP contribution in [0.4, 0.5) is 14.5 Å². The highest BCUT2D eigenvalue weighted by atomic mass is 19.1. The average molecular weight is 270 g/mol. The number of anilines is 1. The number of hydrogen-bond donors (Lipinski definition) is 3. The lowest BCUT2D eigenvalue weighted by atomic mass is 10.3. The van der Waals surface area contributed by atoms with Crippen LogP contribution in [0.1, 0.15) is 0 Å². The highest BCUT2D eigenvalue weighted by Crippen LogP contribution is 2.14. The molecule has 0 spiro atoms. The van der Waals surface area contributed by atoms with E-state index in [0.29, 0.717) is 13.1 Å². The first-order valence-electron chi connectivity index (χ1n) is 5.90. The van der Waals surface area contributed by atoms with Gasteiger partial charge in [0.15, 0.2) is 13.1 Å². The van der Waals surface area contributed by atoms with Crippen LogP contribution in [-0.2, 0) is 9.59 Å². The molecule has 1 aliphatic heterocycles. The van der Waals surface area contributed by atoms with E-state index in [-0.39, 0.29) is 24.7 Å². The number of rotatable bonds is 3. The second-order valence-electron chi connectivity index (χ2n) is 4.38. The summed E-state index contributed by atoms with van der Waals surface area (Å²) in [5.74, 6) is -1.89. The van der Waals surface area contributed by atoms with Crippen LogP contribution in [-0.4, -0.2) is 38.0 Å². The van der Waals surface area contributed by atoms with E-state index in [4.69, 9.17) is 0 Å². The normalized spacial score (nSPS) is 18.8. The summed E-state index contributed by atoms with van der Waals surface area (Å²) in [5, 5.41) is 4.96. The number of quaternary nitrogens is 1. The fourth-order valence-corrected chi connectivity index (χ4v) is 1.92. The van der Waals surface area contributed by atoms with Gasteiger partial charge in [-0.25, -0.2) is 8.78 Å². The summed E-state index contributed by atoms with van der Waals surface area (Å²) in [6.07, 6.45) is 0. The standard InChI is InChI=1S/C12H13F2N3O2/c13-8-1-2-9(14)10(5-8)16-12(19)7-17-4-3-15-11(18)6-17/h1-2,5H,3-4,6-7H2,(H,15,18)(H,16,19)/p+1. The minimum Gasteiger partial charge on any atom is -0.346 e. The molecule has 0 bridgehead atoms. The van der Waals surface area contributed by atoms with Gasteiger partial charge in [0.05, 0.1) is 18.8 Å². The quantitative estimate of drug-likeness (QED) is 0.654. The van der Waals surface area contributed by atoms with Crippen LogP contribution in [0.3, 0.4) is 0 Å². The molecule has 1 aromatic carbocycles. The summed E-state index contributed by atoms with van der Waals surface area (Å²) < 4.78 is 26.2. The van der Waals surface area contributed by atoms with Crippen molar-refractivity contribution in [3.63, 3.8) is 0 Å². The minimum absolute atomic E-state index is 0.0450. The van der Waals surface area contributed by atoms with Crippen molar-refractivity contribution in [2.45, 2.75) is 0 Å². The third-order valence-corrected chi connectivity index (χ3v) is 2.82. The molecule has 1 atom stereocenters. The molecule has 0 saturated carbocycles. The summed E-state index contributed by atoms with van der Waals surface area (Å²) in [7, 11) is 0. The van der Waals surface area contributed by atoms with Crippen LogP contribution in [0.25, 0.3) is 0 Å². The van der Waals surface area contributed by atoms with E-state index in [9.17, 15) is 18.4 Å². The summed E-state index contributed by atoms with van der Waals surface area (Å²) in [4.78, 5) is 23.6. The molecule has 102 valence electrons. The number of benzene rings is 1. The molecular weight excluding hydrogens is 256 g/mol. The van der Waals surface area contributed by atoms with Gasteiger partial charge in [-0.3, -0.25) is 9.59 Å². The Morgan fingerprint density at radius 1 is 1.42 bits per heavy atom. The van der Waals surface area contributed by atoms with Crippen molar-refractivity contribution < 1.29 is 23.3 Å². The first-order valence-corrected chi connectivity index (χ1v) is 5.90. The molecule has 0 radical (unpaired) electrons. The fourth-order valence-electron chi connectivity index (χ4n) is 1.92. The van der Waals surface area contributed by atoms with E-state index >= 15 is 0 Å². The van der Waals surface area contributed by atoms with Crippen molar-refractivity contribution >= 4 is 17.5 Å². The van der Waals surface area contributed by atoms with Gasteiger partial charge in [-0.15, -0.1) is 0 Å². The van der Waals surface area contributed by atoms with Crippen LogP contribution < -0.4 is 15.5 Å². The smallest absolute Gasteiger partial charge is 0.279 e. The van der Waals surface area contributed by atoms with Crippen LogP contribution in [0, 0.1) is 11.6 Å². The zero-order chi connectivity index (χ0) is 13.8. The van der Waals surface area contributed by atoms with Gasteiger partial charge in [-0.2, -0.15) is 0 Å². The van der Waals surface area contributed by atoms with E-state index in [1.165, 1.54) is 0 Å². The Morgan fingerprint density at radius 2 is 2.21 bits per heavy atom. The maximum Gasteiger partial charge on any atom is 0.279 e. The molecule has 1 aliphatic rings. The predicted molar refractivity (Wildman–Crippen MR) is 63.6 cm³/mol. The third-order valence-electron chi connectivity index (χ3n) is 2.82. The summed E-state index contributed by atoms with van der Waals surface area (Å²) in [6, 6.07) is 2.85. The van der Waals surface area contributed by atoms with Gasteiger partial charge in [0.25, 0.3) is 11.8 Å². The largest absolute Gasteiger partial charge is 0.346 e.